The van der Waals surface area contributed by atoms with Crippen LogP contribution < -0.4 is 16.0 Å². The molecule has 3 rings (SSSR count). The van der Waals surface area contributed by atoms with Crippen LogP contribution in [0.5, 0.6) is 0 Å². The van der Waals surface area contributed by atoms with Gasteiger partial charge in [-0.25, -0.2) is 8.42 Å². The molecule has 0 spiro atoms. The van der Waals surface area contributed by atoms with Crippen LogP contribution in [0.1, 0.15) is 41.3 Å². The molecule has 2 amide bonds. The molecule has 1 atom stereocenters. The molecule has 2 aromatic rings. The van der Waals surface area contributed by atoms with E-state index in [-0.39, 0.29) is 17.4 Å². The molecule has 0 fully saturated rings. The number of aryl methyl sites for hydroxylation is 1. The van der Waals surface area contributed by atoms with Crippen molar-refractivity contribution in [2.24, 2.45) is 0 Å². The SMILES string of the molecule is CCCCNC(=O)c1ccc2c(c1)NC(=O)[C@H](CS(=O)(=O)Cc1ccccc1C)N2. The molecule has 1 aliphatic heterocycles. The molecule has 30 heavy (non-hydrogen) atoms. The lowest BCUT2D eigenvalue weighted by molar-refractivity contribution is -0.116. The van der Waals surface area contributed by atoms with Crippen molar-refractivity contribution in [3.8, 4) is 0 Å². The van der Waals surface area contributed by atoms with Crippen LogP contribution in [0.15, 0.2) is 42.5 Å². The average molecular weight is 430 g/mol. The van der Waals surface area contributed by atoms with E-state index in [1.54, 1.807) is 30.3 Å². The number of benzene rings is 2. The first-order chi connectivity index (χ1) is 14.3. The maximum atomic E-state index is 12.7. The second kappa shape index (κ2) is 9.30. The highest BCUT2D eigenvalue weighted by molar-refractivity contribution is 7.90. The smallest absolute Gasteiger partial charge is 0.251 e. The average Bonchev–Trinajstić information content (AvgIpc) is 2.69. The van der Waals surface area contributed by atoms with Gasteiger partial charge in [-0.3, -0.25) is 9.59 Å². The normalized spacial score (nSPS) is 15.7. The van der Waals surface area contributed by atoms with Crippen LogP contribution >= 0.6 is 0 Å². The Morgan fingerprint density at radius 2 is 1.90 bits per heavy atom. The van der Waals surface area contributed by atoms with Gasteiger partial charge in [0.15, 0.2) is 9.84 Å². The first kappa shape index (κ1) is 21.8. The van der Waals surface area contributed by atoms with Crippen molar-refractivity contribution in [1.82, 2.24) is 5.32 Å². The molecule has 0 aromatic heterocycles. The molecule has 1 heterocycles. The number of carbonyl (C=O) groups is 2. The Morgan fingerprint density at radius 1 is 1.13 bits per heavy atom. The van der Waals surface area contributed by atoms with Crippen molar-refractivity contribution >= 4 is 33.0 Å². The summed E-state index contributed by atoms with van der Waals surface area (Å²) in [5.41, 5.74) is 3.13. The Bertz CT molecular complexity index is 1050. The largest absolute Gasteiger partial charge is 0.371 e. The van der Waals surface area contributed by atoms with Gasteiger partial charge >= 0.3 is 0 Å². The fourth-order valence-corrected chi connectivity index (χ4v) is 4.97. The Morgan fingerprint density at radius 3 is 2.63 bits per heavy atom. The third kappa shape index (κ3) is 5.38. The highest BCUT2D eigenvalue weighted by Gasteiger charge is 2.30. The minimum absolute atomic E-state index is 0.116. The molecule has 0 aliphatic carbocycles. The zero-order valence-electron chi connectivity index (χ0n) is 17.2. The molecule has 8 heteroatoms. The maximum absolute atomic E-state index is 12.7. The third-order valence-corrected chi connectivity index (χ3v) is 6.65. The number of amides is 2. The summed E-state index contributed by atoms with van der Waals surface area (Å²) in [6, 6.07) is 11.3. The molecule has 0 unspecified atom stereocenters. The lowest BCUT2D eigenvalue weighted by Gasteiger charge is -2.27. The number of sulfone groups is 1. The first-order valence-corrected chi connectivity index (χ1v) is 11.9. The highest BCUT2D eigenvalue weighted by Crippen LogP contribution is 2.28. The van der Waals surface area contributed by atoms with Crippen LogP contribution in [0.3, 0.4) is 0 Å². The predicted octanol–water partition coefficient (Wildman–Crippen LogP) is 2.87. The van der Waals surface area contributed by atoms with E-state index in [0.717, 1.165) is 24.0 Å². The van der Waals surface area contributed by atoms with Crippen molar-refractivity contribution < 1.29 is 18.0 Å². The molecule has 160 valence electrons. The van der Waals surface area contributed by atoms with Crippen molar-refractivity contribution in [2.45, 2.75) is 38.5 Å². The van der Waals surface area contributed by atoms with Gasteiger partial charge in [0.05, 0.1) is 22.9 Å². The highest BCUT2D eigenvalue weighted by atomic mass is 32.2. The standard InChI is InChI=1S/C22H27N3O4S/c1-3-4-11-23-21(26)16-9-10-18-19(12-16)25-22(27)20(24-18)14-30(28,29)13-17-8-6-5-7-15(17)2/h5-10,12,20,24H,3-4,11,13-14H2,1-2H3,(H,23,26)(H,25,27)/t20-/m0/s1. The second-order valence-corrected chi connectivity index (χ2v) is 9.65. The van der Waals surface area contributed by atoms with Gasteiger partial charge in [-0.2, -0.15) is 0 Å². The van der Waals surface area contributed by atoms with E-state index in [2.05, 4.69) is 16.0 Å². The van der Waals surface area contributed by atoms with E-state index in [0.29, 0.717) is 23.5 Å². The van der Waals surface area contributed by atoms with Crippen LogP contribution in [-0.4, -0.2) is 38.6 Å². The van der Waals surface area contributed by atoms with Crippen LogP contribution in [0.2, 0.25) is 0 Å². The molecular weight excluding hydrogens is 402 g/mol. The monoisotopic (exact) mass is 429 g/mol. The number of nitrogens with one attached hydrogen (secondary N) is 3. The molecule has 0 bridgehead atoms. The molecule has 1 aliphatic rings. The number of fused-ring (bicyclic) bond motifs is 1. The summed E-state index contributed by atoms with van der Waals surface area (Å²) in [7, 11) is -3.51. The fourth-order valence-electron chi connectivity index (χ4n) is 3.31. The predicted molar refractivity (Wildman–Crippen MR) is 118 cm³/mol. The summed E-state index contributed by atoms with van der Waals surface area (Å²) >= 11 is 0. The van der Waals surface area contributed by atoms with E-state index in [4.69, 9.17) is 0 Å². The number of rotatable bonds is 8. The zero-order chi connectivity index (χ0) is 21.7. The van der Waals surface area contributed by atoms with Crippen molar-refractivity contribution in [1.29, 1.82) is 0 Å². The van der Waals surface area contributed by atoms with Crippen molar-refractivity contribution in [2.75, 3.05) is 22.9 Å². The lowest BCUT2D eigenvalue weighted by atomic mass is 10.1. The quantitative estimate of drug-likeness (QED) is 0.560. The van der Waals surface area contributed by atoms with E-state index in [9.17, 15) is 18.0 Å². The summed E-state index contributed by atoms with van der Waals surface area (Å²) in [6.45, 7) is 4.50. The van der Waals surface area contributed by atoms with Gasteiger partial charge in [-0.05, 0) is 42.7 Å². The summed E-state index contributed by atoms with van der Waals surface area (Å²) in [5, 5.41) is 8.56. The maximum Gasteiger partial charge on any atom is 0.251 e. The summed E-state index contributed by atoms with van der Waals surface area (Å²) in [4.78, 5) is 24.7. The summed E-state index contributed by atoms with van der Waals surface area (Å²) < 4.78 is 25.3. The van der Waals surface area contributed by atoms with Gasteiger partial charge in [-0.1, -0.05) is 37.6 Å². The second-order valence-electron chi connectivity index (χ2n) is 7.54. The number of carbonyl (C=O) groups excluding carboxylic acids is 2. The third-order valence-electron chi connectivity index (χ3n) is 5.06. The number of anilines is 2. The van der Waals surface area contributed by atoms with Gasteiger partial charge in [0.25, 0.3) is 5.91 Å². The topological polar surface area (TPSA) is 104 Å². The van der Waals surface area contributed by atoms with Gasteiger partial charge in [0.2, 0.25) is 5.91 Å². The number of unbranched alkanes of at least 4 members (excludes halogenated alkanes) is 1. The fraction of sp³-hybridized carbons (Fsp3) is 0.364. The first-order valence-electron chi connectivity index (χ1n) is 10.0. The molecule has 0 saturated carbocycles. The van der Waals surface area contributed by atoms with E-state index in [1.807, 2.05) is 26.0 Å². The van der Waals surface area contributed by atoms with E-state index in [1.165, 1.54) is 0 Å². The molecule has 7 nitrogen and oxygen atoms in total. The Labute approximate surface area is 177 Å². The van der Waals surface area contributed by atoms with Gasteiger partial charge in [-0.15, -0.1) is 0 Å². The summed E-state index contributed by atoms with van der Waals surface area (Å²) in [6.07, 6.45) is 1.88. The van der Waals surface area contributed by atoms with Gasteiger partial charge in [0, 0.05) is 12.1 Å². The molecule has 0 saturated heterocycles. The zero-order valence-corrected chi connectivity index (χ0v) is 18.0. The van der Waals surface area contributed by atoms with Gasteiger partial charge in [0.1, 0.15) is 6.04 Å². The van der Waals surface area contributed by atoms with Crippen molar-refractivity contribution in [3.63, 3.8) is 0 Å². The van der Waals surface area contributed by atoms with Crippen LogP contribution in [0.4, 0.5) is 11.4 Å². The minimum Gasteiger partial charge on any atom is -0.371 e. The molecule has 0 radical (unpaired) electrons. The Hall–Kier alpha value is -2.87. The van der Waals surface area contributed by atoms with E-state index >= 15 is 0 Å². The van der Waals surface area contributed by atoms with Crippen LogP contribution in [0, 0.1) is 6.92 Å². The summed E-state index contributed by atoms with van der Waals surface area (Å²) in [5.74, 6) is -1.07. The van der Waals surface area contributed by atoms with Crippen LogP contribution in [-0.2, 0) is 20.4 Å². The van der Waals surface area contributed by atoms with Crippen molar-refractivity contribution in [3.05, 3.63) is 59.2 Å². The number of hydrogen-bond acceptors (Lipinski definition) is 5. The minimum atomic E-state index is -3.51. The molecule has 3 N–H and O–H groups in total. The van der Waals surface area contributed by atoms with Crippen LogP contribution in [0.25, 0.3) is 0 Å². The Kier molecular flexibility index (Phi) is 6.77. The van der Waals surface area contributed by atoms with Gasteiger partial charge < -0.3 is 16.0 Å². The van der Waals surface area contributed by atoms with E-state index < -0.39 is 21.8 Å². The Balaban J connectivity index is 1.69. The number of hydrogen-bond donors (Lipinski definition) is 3. The molecule has 2 aromatic carbocycles. The lowest BCUT2D eigenvalue weighted by Crippen LogP contribution is -2.43. The molecular formula is C22H27N3O4S.